The minimum Gasteiger partial charge on any atom is -0.325 e. The summed E-state index contributed by atoms with van der Waals surface area (Å²) in [7, 11) is 1.90. The number of para-hydroxylation sites is 1. The fourth-order valence-electron chi connectivity index (χ4n) is 2.70. The van der Waals surface area contributed by atoms with Gasteiger partial charge in [0.2, 0.25) is 5.91 Å². The Hall–Kier alpha value is -2.67. The number of pyridine rings is 1. The van der Waals surface area contributed by atoms with Gasteiger partial charge >= 0.3 is 0 Å². The number of nitrogens with zero attached hydrogens (tertiary/aromatic N) is 4. The molecule has 26 heavy (non-hydrogen) atoms. The Morgan fingerprint density at radius 2 is 1.96 bits per heavy atom. The van der Waals surface area contributed by atoms with E-state index in [-0.39, 0.29) is 11.7 Å². The molecule has 0 atom stereocenters. The van der Waals surface area contributed by atoms with Gasteiger partial charge in [-0.1, -0.05) is 36.9 Å². The molecule has 0 unspecified atom stereocenters. The number of hydrogen-bond acceptors (Lipinski definition) is 5. The largest absolute Gasteiger partial charge is 0.325 e. The summed E-state index contributed by atoms with van der Waals surface area (Å²) < 4.78 is 1.89. The Balaban J connectivity index is 1.67. The predicted molar refractivity (Wildman–Crippen MR) is 104 cm³/mol. The van der Waals surface area contributed by atoms with Crippen molar-refractivity contribution >= 4 is 23.4 Å². The first-order chi connectivity index (χ1) is 12.6. The maximum Gasteiger partial charge on any atom is 0.234 e. The van der Waals surface area contributed by atoms with Crippen LogP contribution in [-0.4, -0.2) is 31.4 Å². The van der Waals surface area contributed by atoms with E-state index in [1.54, 1.807) is 12.4 Å². The molecule has 2 aromatic heterocycles. The number of benzene rings is 1. The first kappa shape index (κ1) is 18.1. The highest BCUT2D eigenvalue weighted by Crippen LogP contribution is 2.24. The number of carbonyl (C=O) groups is 1. The molecule has 0 aliphatic heterocycles. The Kier molecular flexibility index (Phi) is 5.68. The van der Waals surface area contributed by atoms with E-state index in [1.165, 1.54) is 11.8 Å². The molecule has 0 spiro atoms. The molecular formula is C19H21N5OS. The van der Waals surface area contributed by atoms with Crippen LogP contribution in [0.1, 0.15) is 18.1 Å². The first-order valence-corrected chi connectivity index (χ1v) is 9.39. The van der Waals surface area contributed by atoms with Crippen LogP contribution in [0.25, 0.3) is 11.4 Å². The van der Waals surface area contributed by atoms with Gasteiger partial charge in [0.25, 0.3) is 0 Å². The van der Waals surface area contributed by atoms with E-state index >= 15 is 0 Å². The lowest BCUT2D eigenvalue weighted by molar-refractivity contribution is -0.113. The third-order valence-corrected chi connectivity index (χ3v) is 5.13. The number of amides is 1. The van der Waals surface area contributed by atoms with Crippen LogP contribution < -0.4 is 5.32 Å². The molecule has 0 aliphatic carbocycles. The summed E-state index contributed by atoms with van der Waals surface area (Å²) in [6, 6.07) is 9.83. The van der Waals surface area contributed by atoms with Crippen LogP contribution in [0.2, 0.25) is 0 Å². The summed E-state index contributed by atoms with van der Waals surface area (Å²) in [4.78, 5) is 16.4. The molecule has 3 aromatic rings. The average Bonchev–Trinajstić information content (AvgIpc) is 3.03. The summed E-state index contributed by atoms with van der Waals surface area (Å²) >= 11 is 1.37. The molecule has 1 N–H and O–H groups in total. The van der Waals surface area contributed by atoms with Gasteiger partial charge in [-0.15, -0.1) is 10.2 Å². The van der Waals surface area contributed by atoms with E-state index in [0.717, 1.165) is 34.6 Å². The van der Waals surface area contributed by atoms with Crippen LogP contribution in [0.3, 0.4) is 0 Å². The Morgan fingerprint density at radius 3 is 2.69 bits per heavy atom. The molecule has 0 radical (unpaired) electrons. The summed E-state index contributed by atoms with van der Waals surface area (Å²) in [5.41, 5.74) is 4.07. The van der Waals surface area contributed by atoms with Crippen LogP contribution in [0.5, 0.6) is 0 Å². The Labute approximate surface area is 157 Å². The monoisotopic (exact) mass is 367 g/mol. The second-order valence-corrected chi connectivity index (χ2v) is 6.84. The fraction of sp³-hybridized carbons (Fsp3) is 0.263. The minimum atomic E-state index is -0.0486. The van der Waals surface area contributed by atoms with Crippen LogP contribution in [-0.2, 0) is 18.3 Å². The molecule has 7 heteroatoms. The zero-order valence-corrected chi connectivity index (χ0v) is 15.9. The zero-order chi connectivity index (χ0) is 18.5. The van der Waals surface area contributed by atoms with Gasteiger partial charge in [0.1, 0.15) is 0 Å². The summed E-state index contributed by atoms with van der Waals surface area (Å²) in [5.74, 6) is 0.981. The van der Waals surface area contributed by atoms with Gasteiger partial charge in [0.05, 0.1) is 5.75 Å². The maximum absolute atomic E-state index is 12.4. The fourth-order valence-corrected chi connectivity index (χ4v) is 3.41. The molecule has 1 aromatic carbocycles. The highest BCUT2D eigenvalue weighted by atomic mass is 32.2. The van der Waals surface area contributed by atoms with Crippen LogP contribution in [0, 0.1) is 6.92 Å². The number of anilines is 1. The zero-order valence-electron chi connectivity index (χ0n) is 15.1. The van der Waals surface area contributed by atoms with Gasteiger partial charge in [0.15, 0.2) is 11.0 Å². The normalized spacial score (nSPS) is 10.7. The summed E-state index contributed by atoms with van der Waals surface area (Å²) in [6.45, 7) is 4.09. The molecule has 1 amide bonds. The van der Waals surface area contributed by atoms with E-state index in [0.29, 0.717) is 5.16 Å². The van der Waals surface area contributed by atoms with Crippen molar-refractivity contribution in [2.75, 3.05) is 11.1 Å². The van der Waals surface area contributed by atoms with E-state index in [4.69, 9.17) is 0 Å². The summed E-state index contributed by atoms with van der Waals surface area (Å²) in [6.07, 6.45) is 4.32. The molecule has 0 aliphatic rings. The third-order valence-electron chi connectivity index (χ3n) is 4.11. The number of aryl methyl sites for hydroxylation is 2. The number of aromatic nitrogens is 4. The van der Waals surface area contributed by atoms with Crippen molar-refractivity contribution in [1.82, 2.24) is 19.7 Å². The highest BCUT2D eigenvalue weighted by Gasteiger charge is 2.14. The van der Waals surface area contributed by atoms with Crippen molar-refractivity contribution in [3.05, 3.63) is 53.9 Å². The smallest absolute Gasteiger partial charge is 0.234 e. The van der Waals surface area contributed by atoms with Crippen molar-refractivity contribution in [3.8, 4) is 11.4 Å². The standard InChI is InChI=1S/C19H21N5OS/c1-4-14-7-5-6-13(2)17(14)21-16(25)12-26-19-23-22-18(24(19)3)15-8-10-20-11-9-15/h5-11H,4,12H2,1-3H3,(H,21,25). The number of hydrogen-bond donors (Lipinski definition) is 1. The highest BCUT2D eigenvalue weighted by molar-refractivity contribution is 7.99. The van der Waals surface area contributed by atoms with Gasteiger partial charge in [-0.05, 0) is 36.6 Å². The van der Waals surface area contributed by atoms with Gasteiger partial charge < -0.3 is 9.88 Å². The minimum absolute atomic E-state index is 0.0486. The van der Waals surface area contributed by atoms with Crippen molar-refractivity contribution in [2.45, 2.75) is 25.4 Å². The molecule has 6 nitrogen and oxygen atoms in total. The van der Waals surface area contributed by atoms with Gasteiger partial charge in [-0.3, -0.25) is 9.78 Å². The van der Waals surface area contributed by atoms with Crippen LogP contribution in [0.15, 0.2) is 47.9 Å². The quantitative estimate of drug-likeness (QED) is 0.675. The molecule has 0 saturated heterocycles. The van der Waals surface area contributed by atoms with Crippen molar-refractivity contribution in [2.24, 2.45) is 7.05 Å². The van der Waals surface area contributed by atoms with Crippen molar-refractivity contribution < 1.29 is 4.79 Å². The van der Waals surface area contributed by atoms with E-state index in [2.05, 4.69) is 27.4 Å². The average molecular weight is 367 g/mol. The van der Waals surface area contributed by atoms with Crippen LogP contribution >= 0.6 is 11.8 Å². The molecule has 134 valence electrons. The Morgan fingerprint density at radius 1 is 1.19 bits per heavy atom. The molecule has 0 bridgehead atoms. The lowest BCUT2D eigenvalue weighted by atomic mass is 10.1. The van der Waals surface area contributed by atoms with E-state index in [1.807, 2.05) is 48.9 Å². The summed E-state index contributed by atoms with van der Waals surface area (Å²) in [5, 5.41) is 12.2. The molecule has 3 rings (SSSR count). The van der Waals surface area contributed by atoms with E-state index < -0.39 is 0 Å². The van der Waals surface area contributed by atoms with Gasteiger partial charge in [-0.25, -0.2) is 0 Å². The topological polar surface area (TPSA) is 72.7 Å². The second kappa shape index (κ2) is 8.14. The molecule has 2 heterocycles. The van der Waals surface area contributed by atoms with Crippen LogP contribution in [0.4, 0.5) is 5.69 Å². The number of thioether (sulfide) groups is 1. The molecule has 0 saturated carbocycles. The van der Waals surface area contributed by atoms with Gasteiger partial charge in [0, 0.05) is 30.7 Å². The lowest BCUT2D eigenvalue weighted by Crippen LogP contribution is -2.16. The Bertz CT molecular complexity index is 908. The second-order valence-electron chi connectivity index (χ2n) is 5.90. The first-order valence-electron chi connectivity index (χ1n) is 8.41. The molecule has 0 fully saturated rings. The maximum atomic E-state index is 12.4. The van der Waals surface area contributed by atoms with Crippen molar-refractivity contribution in [3.63, 3.8) is 0 Å². The SMILES string of the molecule is CCc1cccc(C)c1NC(=O)CSc1nnc(-c2ccncc2)n1C. The molecular weight excluding hydrogens is 346 g/mol. The van der Waals surface area contributed by atoms with E-state index in [9.17, 15) is 4.79 Å². The predicted octanol–water partition coefficient (Wildman–Crippen LogP) is 3.48. The van der Waals surface area contributed by atoms with Gasteiger partial charge in [-0.2, -0.15) is 0 Å². The lowest BCUT2D eigenvalue weighted by Gasteiger charge is -2.12. The van der Waals surface area contributed by atoms with Crippen molar-refractivity contribution in [1.29, 1.82) is 0 Å². The third kappa shape index (κ3) is 3.94. The number of carbonyl (C=O) groups excluding carboxylic acids is 1. The number of nitrogens with one attached hydrogen (secondary N) is 1. The number of rotatable bonds is 6.